The first-order chi connectivity index (χ1) is 5.77. The number of aliphatic hydroxyl groups is 1. The minimum Gasteiger partial charge on any atom is -0.388 e. The van der Waals surface area contributed by atoms with Gasteiger partial charge in [-0.1, -0.05) is 22.0 Å². The van der Waals surface area contributed by atoms with E-state index in [1.54, 1.807) is 0 Å². The largest absolute Gasteiger partial charge is 0.388 e. The molecule has 64 valence electrons. The van der Waals surface area contributed by atoms with Gasteiger partial charge in [0.1, 0.15) is 0 Å². The first kappa shape index (κ1) is 8.27. The monoisotopic (exact) mass is 226 g/mol. The van der Waals surface area contributed by atoms with Crippen molar-refractivity contribution in [1.82, 2.24) is 0 Å². The van der Waals surface area contributed by atoms with Crippen LogP contribution >= 0.6 is 15.9 Å². The van der Waals surface area contributed by atoms with Crippen molar-refractivity contribution >= 4 is 15.9 Å². The molecule has 1 aliphatic carbocycles. The third-order valence-corrected chi connectivity index (χ3v) is 2.88. The maximum atomic E-state index is 9.64. The topological polar surface area (TPSA) is 20.2 Å². The molecular formula is C10H11BrO. The van der Waals surface area contributed by atoms with Gasteiger partial charge in [-0.25, -0.2) is 0 Å². The summed E-state index contributed by atoms with van der Waals surface area (Å²) < 4.78 is 1.11. The second kappa shape index (κ2) is 3.19. The SMILES string of the molecule is O[C@@H]1CCCc2cc(Br)ccc21. The van der Waals surface area contributed by atoms with Gasteiger partial charge in [0.05, 0.1) is 6.10 Å². The summed E-state index contributed by atoms with van der Waals surface area (Å²) in [7, 11) is 0. The number of aryl methyl sites for hydroxylation is 1. The molecule has 0 fully saturated rings. The number of hydrogen-bond donors (Lipinski definition) is 1. The van der Waals surface area contributed by atoms with E-state index in [0.717, 1.165) is 29.3 Å². The van der Waals surface area contributed by atoms with Crippen LogP contribution in [-0.4, -0.2) is 5.11 Å². The van der Waals surface area contributed by atoms with E-state index >= 15 is 0 Å². The Morgan fingerprint density at radius 3 is 3.08 bits per heavy atom. The van der Waals surface area contributed by atoms with E-state index in [-0.39, 0.29) is 6.10 Å². The smallest absolute Gasteiger partial charge is 0.0792 e. The normalized spacial score (nSPS) is 22.0. The summed E-state index contributed by atoms with van der Waals surface area (Å²) >= 11 is 3.43. The Morgan fingerprint density at radius 1 is 1.42 bits per heavy atom. The van der Waals surface area contributed by atoms with E-state index in [1.165, 1.54) is 5.56 Å². The predicted octanol–water partition coefficient (Wildman–Crippen LogP) is 2.82. The molecule has 0 spiro atoms. The van der Waals surface area contributed by atoms with E-state index in [2.05, 4.69) is 22.0 Å². The molecule has 0 aliphatic heterocycles. The van der Waals surface area contributed by atoms with Gasteiger partial charge in [0.2, 0.25) is 0 Å². The van der Waals surface area contributed by atoms with E-state index in [4.69, 9.17) is 0 Å². The first-order valence-electron chi connectivity index (χ1n) is 4.24. The second-order valence-corrected chi connectivity index (χ2v) is 4.17. The van der Waals surface area contributed by atoms with Crippen LogP contribution in [0.15, 0.2) is 22.7 Å². The summed E-state index contributed by atoms with van der Waals surface area (Å²) in [6, 6.07) is 6.12. The summed E-state index contributed by atoms with van der Waals surface area (Å²) in [5.41, 5.74) is 2.41. The third kappa shape index (κ3) is 1.41. The number of fused-ring (bicyclic) bond motifs is 1. The Labute approximate surface area is 80.5 Å². The Bertz CT molecular complexity index is 296. The number of benzene rings is 1. The zero-order valence-electron chi connectivity index (χ0n) is 6.76. The molecule has 1 atom stereocenters. The summed E-state index contributed by atoms with van der Waals surface area (Å²) in [5.74, 6) is 0. The third-order valence-electron chi connectivity index (χ3n) is 2.39. The Kier molecular flexibility index (Phi) is 2.20. The molecule has 2 rings (SSSR count). The van der Waals surface area contributed by atoms with Crippen LogP contribution in [0.5, 0.6) is 0 Å². The van der Waals surface area contributed by atoms with Gasteiger partial charge < -0.3 is 5.11 Å². The molecule has 12 heavy (non-hydrogen) atoms. The lowest BCUT2D eigenvalue weighted by molar-refractivity contribution is 0.156. The van der Waals surface area contributed by atoms with Crippen molar-refractivity contribution in [2.45, 2.75) is 25.4 Å². The molecular weight excluding hydrogens is 216 g/mol. The van der Waals surface area contributed by atoms with Gasteiger partial charge in [0.25, 0.3) is 0 Å². The first-order valence-corrected chi connectivity index (χ1v) is 5.03. The Hall–Kier alpha value is -0.340. The predicted molar refractivity (Wildman–Crippen MR) is 52.0 cm³/mol. The van der Waals surface area contributed by atoms with Gasteiger partial charge in [0, 0.05) is 4.47 Å². The molecule has 1 aromatic carbocycles. The van der Waals surface area contributed by atoms with Gasteiger partial charge in [-0.05, 0) is 42.5 Å². The molecule has 0 heterocycles. The van der Waals surface area contributed by atoms with Crippen LogP contribution < -0.4 is 0 Å². The van der Waals surface area contributed by atoms with Crippen LogP contribution in [0.4, 0.5) is 0 Å². The number of aliphatic hydroxyl groups excluding tert-OH is 1. The van der Waals surface area contributed by atoms with Crippen LogP contribution in [0.3, 0.4) is 0 Å². The number of halogens is 1. The molecule has 1 aromatic rings. The fourth-order valence-corrected chi connectivity index (χ4v) is 2.17. The zero-order chi connectivity index (χ0) is 8.55. The molecule has 0 amide bonds. The maximum Gasteiger partial charge on any atom is 0.0792 e. The van der Waals surface area contributed by atoms with Crippen molar-refractivity contribution in [2.75, 3.05) is 0 Å². The zero-order valence-corrected chi connectivity index (χ0v) is 8.34. The van der Waals surface area contributed by atoms with Crippen molar-refractivity contribution in [3.63, 3.8) is 0 Å². The van der Waals surface area contributed by atoms with Crippen molar-refractivity contribution in [1.29, 1.82) is 0 Å². The Morgan fingerprint density at radius 2 is 2.25 bits per heavy atom. The molecule has 1 nitrogen and oxygen atoms in total. The fourth-order valence-electron chi connectivity index (χ4n) is 1.76. The van der Waals surface area contributed by atoms with Crippen LogP contribution in [-0.2, 0) is 6.42 Å². The van der Waals surface area contributed by atoms with E-state index in [1.807, 2.05) is 12.1 Å². The minimum atomic E-state index is -0.234. The highest BCUT2D eigenvalue weighted by atomic mass is 79.9. The van der Waals surface area contributed by atoms with Gasteiger partial charge in [-0.2, -0.15) is 0 Å². The second-order valence-electron chi connectivity index (χ2n) is 3.25. The summed E-state index contributed by atoms with van der Waals surface area (Å²) in [6.07, 6.45) is 2.88. The number of rotatable bonds is 0. The average molecular weight is 227 g/mol. The highest BCUT2D eigenvalue weighted by Gasteiger charge is 2.17. The molecule has 0 aromatic heterocycles. The van der Waals surface area contributed by atoms with Gasteiger partial charge >= 0.3 is 0 Å². The number of hydrogen-bond acceptors (Lipinski definition) is 1. The van der Waals surface area contributed by atoms with E-state index in [0.29, 0.717) is 0 Å². The molecule has 0 unspecified atom stereocenters. The summed E-state index contributed by atoms with van der Waals surface area (Å²) in [5, 5.41) is 9.64. The standard InChI is InChI=1S/C10H11BrO/c11-8-4-5-9-7(6-8)2-1-3-10(9)12/h4-6,10,12H,1-3H2/t10-/m1/s1. The van der Waals surface area contributed by atoms with Crippen molar-refractivity contribution in [2.24, 2.45) is 0 Å². The lowest BCUT2D eigenvalue weighted by Crippen LogP contribution is -2.08. The van der Waals surface area contributed by atoms with Crippen LogP contribution in [0.2, 0.25) is 0 Å². The molecule has 0 bridgehead atoms. The highest BCUT2D eigenvalue weighted by molar-refractivity contribution is 9.10. The maximum absolute atomic E-state index is 9.64. The van der Waals surface area contributed by atoms with Gasteiger partial charge in [-0.3, -0.25) is 0 Å². The van der Waals surface area contributed by atoms with E-state index in [9.17, 15) is 5.11 Å². The average Bonchev–Trinajstić information content (AvgIpc) is 2.04. The Balaban J connectivity index is 2.46. The molecule has 1 N–H and O–H groups in total. The molecule has 0 radical (unpaired) electrons. The fraction of sp³-hybridized carbons (Fsp3) is 0.400. The van der Waals surface area contributed by atoms with Crippen molar-refractivity contribution in [3.8, 4) is 0 Å². The quantitative estimate of drug-likeness (QED) is 0.722. The van der Waals surface area contributed by atoms with Crippen LogP contribution in [0.1, 0.15) is 30.1 Å². The van der Waals surface area contributed by atoms with Crippen LogP contribution in [0.25, 0.3) is 0 Å². The van der Waals surface area contributed by atoms with Gasteiger partial charge in [0.15, 0.2) is 0 Å². The lowest BCUT2D eigenvalue weighted by atomic mass is 9.90. The van der Waals surface area contributed by atoms with Crippen molar-refractivity contribution in [3.05, 3.63) is 33.8 Å². The summed E-state index contributed by atoms with van der Waals surface area (Å²) in [4.78, 5) is 0. The van der Waals surface area contributed by atoms with Gasteiger partial charge in [-0.15, -0.1) is 0 Å². The van der Waals surface area contributed by atoms with E-state index < -0.39 is 0 Å². The molecule has 0 saturated heterocycles. The molecule has 0 saturated carbocycles. The highest BCUT2D eigenvalue weighted by Crippen LogP contribution is 2.31. The molecule has 2 heteroatoms. The summed E-state index contributed by atoms with van der Waals surface area (Å²) in [6.45, 7) is 0. The molecule has 1 aliphatic rings. The minimum absolute atomic E-state index is 0.234. The lowest BCUT2D eigenvalue weighted by Gasteiger charge is -2.21. The van der Waals surface area contributed by atoms with Crippen LogP contribution in [0, 0.1) is 0 Å². The van der Waals surface area contributed by atoms with Crippen molar-refractivity contribution < 1.29 is 5.11 Å².